The summed E-state index contributed by atoms with van der Waals surface area (Å²) in [4.78, 5) is 41.8. The molecule has 0 unspecified atom stereocenters. The number of para-hydroxylation sites is 1. The van der Waals surface area contributed by atoms with Crippen molar-refractivity contribution in [2.45, 2.75) is 39.2 Å². The number of anilines is 2. The molecule has 2 aromatic carbocycles. The van der Waals surface area contributed by atoms with E-state index >= 15 is 0 Å². The fourth-order valence-corrected chi connectivity index (χ4v) is 4.14. The number of H-pyrrole nitrogens is 1. The van der Waals surface area contributed by atoms with E-state index in [4.69, 9.17) is 0 Å². The highest BCUT2D eigenvalue weighted by Gasteiger charge is 2.24. The summed E-state index contributed by atoms with van der Waals surface area (Å²) in [7, 11) is 0. The van der Waals surface area contributed by atoms with Gasteiger partial charge in [-0.05, 0) is 48.7 Å². The van der Waals surface area contributed by atoms with Crippen LogP contribution in [0.2, 0.25) is 0 Å². The summed E-state index contributed by atoms with van der Waals surface area (Å²) in [5.74, 6) is -0.423. The zero-order valence-electron chi connectivity index (χ0n) is 17.7. The number of carbonyl (C=O) groups excluding carboxylic acids is 3. The van der Waals surface area contributed by atoms with Crippen LogP contribution in [0.3, 0.4) is 0 Å². The first-order valence-electron chi connectivity index (χ1n) is 10.5. The molecule has 3 N–H and O–H groups in total. The third kappa shape index (κ3) is 4.45. The van der Waals surface area contributed by atoms with Crippen LogP contribution in [0.5, 0.6) is 0 Å². The van der Waals surface area contributed by atoms with Crippen molar-refractivity contribution in [3.8, 4) is 0 Å². The molecule has 1 aliphatic heterocycles. The Labute approximate surface area is 180 Å². The number of hydrogen-bond donors (Lipinski definition) is 3. The van der Waals surface area contributed by atoms with Crippen LogP contribution in [0.25, 0.3) is 10.9 Å². The Kier molecular flexibility index (Phi) is 5.75. The van der Waals surface area contributed by atoms with E-state index in [-0.39, 0.29) is 17.7 Å². The van der Waals surface area contributed by atoms with Gasteiger partial charge in [-0.25, -0.2) is 0 Å². The molecule has 0 saturated carbocycles. The monoisotopic (exact) mass is 418 g/mol. The molecule has 0 spiro atoms. The van der Waals surface area contributed by atoms with Crippen LogP contribution in [0.15, 0.2) is 48.7 Å². The van der Waals surface area contributed by atoms with Crippen molar-refractivity contribution in [3.63, 3.8) is 0 Å². The van der Waals surface area contributed by atoms with E-state index < -0.39 is 6.04 Å². The minimum atomic E-state index is -0.711. The maximum absolute atomic E-state index is 13.0. The topological polar surface area (TPSA) is 94.3 Å². The summed E-state index contributed by atoms with van der Waals surface area (Å²) in [5, 5.41) is 6.70. The van der Waals surface area contributed by atoms with E-state index in [1.165, 1.54) is 6.92 Å². The Morgan fingerprint density at radius 1 is 1.19 bits per heavy atom. The lowest BCUT2D eigenvalue weighted by Gasteiger charge is -2.20. The highest BCUT2D eigenvalue weighted by atomic mass is 16.2. The third-order valence-electron chi connectivity index (χ3n) is 5.62. The maximum atomic E-state index is 13.0. The number of aryl methyl sites for hydroxylation is 1. The molecule has 3 amide bonds. The molecular formula is C24H26N4O3. The summed E-state index contributed by atoms with van der Waals surface area (Å²) < 4.78 is 0. The number of carbonyl (C=O) groups is 3. The average molecular weight is 418 g/mol. The Bertz CT molecular complexity index is 1150. The van der Waals surface area contributed by atoms with Crippen molar-refractivity contribution >= 4 is 40.0 Å². The number of aromatic nitrogens is 1. The Morgan fingerprint density at radius 3 is 2.71 bits per heavy atom. The lowest BCUT2D eigenvalue weighted by Crippen LogP contribution is -2.44. The van der Waals surface area contributed by atoms with Crippen LogP contribution in [0.4, 0.5) is 11.4 Å². The summed E-state index contributed by atoms with van der Waals surface area (Å²) in [5.41, 5.74) is 4.37. The van der Waals surface area contributed by atoms with E-state index in [1.807, 2.05) is 49.5 Å². The summed E-state index contributed by atoms with van der Waals surface area (Å²) in [6.45, 7) is 4.05. The summed E-state index contributed by atoms with van der Waals surface area (Å²) in [6, 6.07) is 12.7. The molecule has 4 rings (SSSR count). The molecule has 1 saturated heterocycles. The fraction of sp³-hybridized carbons (Fsp3) is 0.292. The predicted octanol–water partition coefficient (Wildman–Crippen LogP) is 3.29. The minimum Gasteiger partial charge on any atom is -0.361 e. The molecule has 0 radical (unpaired) electrons. The van der Waals surface area contributed by atoms with Crippen LogP contribution < -0.4 is 15.5 Å². The lowest BCUT2D eigenvalue weighted by molar-refractivity contribution is -0.125. The molecular weight excluding hydrogens is 392 g/mol. The molecule has 1 fully saturated rings. The van der Waals surface area contributed by atoms with Gasteiger partial charge >= 0.3 is 0 Å². The van der Waals surface area contributed by atoms with Crippen molar-refractivity contribution in [1.29, 1.82) is 0 Å². The highest BCUT2D eigenvalue weighted by Crippen LogP contribution is 2.27. The molecule has 160 valence electrons. The van der Waals surface area contributed by atoms with Gasteiger partial charge in [-0.2, -0.15) is 0 Å². The second-order valence-corrected chi connectivity index (χ2v) is 7.96. The lowest BCUT2D eigenvalue weighted by atomic mass is 10.0. The van der Waals surface area contributed by atoms with E-state index in [0.29, 0.717) is 18.5 Å². The Morgan fingerprint density at radius 2 is 2.00 bits per heavy atom. The standard InChI is InChI=1S/C24H26N4O3/c1-15-12-18(9-10-22(15)28-11-5-8-23(28)30)27-24(31)21(26-16(2)29)13-17-14-25-20-7-4-3-6-19(17)20/h3-4,6-7,9-10,12,14,21,25H,5,8,11,13H2,1-2H3,(H,26,29)(H,27,31)/t21-/m0/s1. The molecule has 7 heteroatoms. The van der Waals surface area contributed by atoms with Crippen LogP contribution in [0, 0.1) is 6.92 Å². The molecule has 1 aliphatic rings. The van der Waals surface area contributed by atoms with Crippen molar-refractivity contribution < 1.29 is 14.4 Å². The van der Waals surface area contributed by atoms with Gasteiger partial charge in [0.25, 0.3) is 0 Å². The quantitative estimate of drug-likeness (QED) is 0.573. The zero-order valence-corrected chi connectivity index (χ0v) is 17.7. The van der Waals surface area contributed by atoms with Crippen molar-refractivity contribution in [1.82, 2.24) is 10.3 Å². The second-order valence-electron chi connectivity index (χ2n) is 7.96. The summed E-state index contributed by atoms with van der Waals surface area (Å²) >= 11 is 0. The van der Waals surface area contributed by atoms with Gasteiger partial charge in [0.2, 0.25) is 17.7 Å². The maximum Gasteiger partial charge on any atom is 0.247 e. The minimum absolute atomic E-state index is 0.129. The Balaban J connectivity index is 1.51. The van der Waals surface area contributed by atoms with Crippen LogP contribution >= 0.6 is 0 Å². The average Bonchev–Trinajstić information content (AvgIpc) is 3.34. The highest BCUT2D eigenvalue weighted by molar-refractivity contribution is 5.99. The molecule has 0 aliphatic carbocycles. The molecule has 31 heavy (non-hydrogen) atoms. The molecule has 7 nitrogen and oxygen atoms in total. The number of rotatable bonds is 6. The predicted molar refractivity (Wildman–Crippen MR) is 121 cm³/mol. The van der Waals surface area contributed by atoms with E-state index in [9.17, 15) is 14.4 Å². The second kappa shape index (κ2) is 8.63. The number of aromatic amines is 1. The fourth-order valence-electron chi connectivity index (χ4n) is 4.14. The first-order chi connectivity index (χ1) is 14.9. The SMILES string of the molecule is CC(=O)N[C@@H](Cc1c[nH]c2ccccc12)C(=O)Nc1ccc(N2CCCC2=O)c(C)c1. The van der Waals surface area contributed by atoms with Gasteiger partial charge in [0, 0.05) is 54.8 Å². The van der Waals surface area contributed by atoms with Gasteiger partial charge < -0.3 is 20.5 Å². The number of benzene rings is 2. The number of hydrogen-bond acceptors (Lipinski definition) is 3. The van der Waals surface area contributed by atoms with Crippen LogP contribution in [0.1, 0.15) is 30.9 Å². The molecule has 3 aromatic rings. The molecule has 1 atom stereocenters. The zero-order chi connectivity index (χ0) is 22.0. The van der Waals surface area contributed by atoms with Crippen LogP contribution in [-0.2, 0) is 20.8 Å². The Hall–Kier alpha value is -3.61. The van der Waals surface area contributed by atoms with Gasteiger partial charge in [-0.1, -0.05) is 18.2 Å². The number of nitrogens with one attached hydrogen (secondary N) is 3. The van der Waals surface area contributed by atoms with Gasteiger partial charge in [-0.3, -0.25) is 14.4 Å². The van der Waals surface area contributed by atoms with E-state index in [0.717, 1.165) is 40.7 Å². The van der Waals surface area contributed by atoms with Gasteiger partial charge in [0.05, 0.1) is 0 Å². The van der Waals surface area contributed by atoms with Gasteiger partial charge in [0.1, 0.15) is 6.04 Å². The van der Waals surface area contributed by atoms with Crippen molar-refractivity contribution in [2.24, 2.45) is 0 Å². The molecule has 2 heterocycles. The van der Waals surface area contributed by atoms with Crippen LogP contribution in [-0.4, -0.2) is 35.3 Å². The van der Waals surface area contributed by atoms with Gasteiger partial charge in [-0.15, -0.1) is 0 Å². The normalized spacial score (nSPS) is 14.6. The van der Waals surface area contributed by atoms with Gasteiger partial charge in [0.15, 0.2) is 0 Å². The smallest absolute Gasteiger partial charge is 0.247 e. The largest absolute Gasteiger partial charge is 0.361 e. The molecule has 1 aromatic heterocycles. The number of fused-ring (bicyclic) bond motifs is 1. The van der Waals surface area contributed by atoms with E-state index in [2.05, 4.69) is 15.6 Å². The summed E-state index contributed by atoms with van der Waals surface area (Å²) in [6.07, 6.45) is 3.68. The van der Waals surface area contributed by atoms with Crippen molar-refractivity contribution in [3.05, 3.63) is 59.8 Å². The first-order valence-corrected chi connectivity index (χ1v) is 10.5. The van der Waals surface area contributed by atoms with Crippen molar-refractivity contribution in [2.75, 3.05) is 16.8 Å². The number of amides is 3. The van der Waals surface area contributed by atoms with E-state index in [1.54, 1.807) is 11.0 Å². The first kappa shape index (κ1) is 20.7. The number of nitrogens with zero attached hydrogens (tertiary/aromatic N) is 1. The third-order valence-corrected chi connectivity index (χ3v) is 5.62. The molecule has 0 bridgehead atoms.